The van der Waals surface area contributed by atoms with Crippen LogP contribution in [0.25, 0.3) is 0 Å². The van der Waals surface area contributed by atoms with Gasteiger partial charge in [-0.15, -0.1) is 0 Å². The Kier molecular flexibility index (Phi) is 9.30. The lowest BCUT2D eigenvalue weighted by Gasteiger charge is -2.32. The predicted octanol–water partition coefficient (Wildman–Crippen LogP) is 5.28. The third kappa shape index (κ3) is 7.10. The molecule has 0 bridgehead atoms. The summed E-state index contributed by atoms with van der Waals surface area (Å²) >= 11 is 0. The van der Waals surface area contributed by atoms with Crippen LogP contribution in [0.3, 0.4) is 0 Å². The zero-order chi connectivity index (χ0) is 28.9. The molecule has 0 radical (unpaired) electrons. The van der Waals surface area contributed by atoms with Crippen LogP contribution >= 0.6 is 0 Å². The minimum atomic E-state index is -4.07. The van der Waals surface area contributed by atoms with Gasteiger partial charge >= 0.3 is 0 Å². The number of sulfonamides is 1. The van der Waals surface area contributed by atoms with Crippen LogP contribution in [-0.4, -0.2) is 43.8 Å². The first-order valence-corrected chi connectivity index (χ1v) is 15.3. The highest BCUT2D eigenvalue weighted by atomic mass is 32.2. The number of rotatable bonds is 10. The van der Waals surface area contributed by atoms with Gasteiger partial charge in [0, 0.05) is 12.6 Å². The molecule has 1 N–H and O–H groups in total. The molecule has 0 heterocycles. The molecular weight excluding hydrogens is 522 g/mol. The zero-order valence-electron chi connectivity index (χ0n) is 23.8. The molecule has 3 aromatic carbocycles. The van der Waals surface area contributed by atoms with Crippen LogP contribution in [-0.2, 0) is 26.2 Å². The summed E-state index contributed by atoms with van der Waals surface area (Å²) in [5.74, 6) is -0.678. The van der Waals surface area contributed by atoms with Crippen LogP contribution in [0, 0.1) is 20.8 Å². The van der Waals surface area contributed by atoms with E-state index in [2.05, 4.69) is 5.32 Å². The Bertz CT molecular complexity index is 1430. The summed E-state index contributed by atoms with van der Waals surface area (Å²) in [6, 6.07) is 20.8. The third-order valence-corrected chi connectivity index (χ3v) is 9.31. The van der Waals surface area contributed by atoms with Gasteiger partial charge in [0.15, 0.2) is 0 Å². The van der Waals surface area contributed by atoms with Crippen molar-refractivity contribution in [2.24, 2.45) is 0 Å². The second-order valence-corrected chi connectivity index (χ2v) is 12.7. The van der Waals surface area contributed by atoms with Gasteiger partial charge in [0.1, 0.15) is 12.6 Å². The Morgan fingerprint density at radius 1 is 0.875 bits per heavy atom. The second kappa shape index (κ2) is 12.7. The Labute approximate surface area is 238 Å². The third-order valence-electron chi connectivity index (χ3n) is 7.52. The van der Waals surface area contributed by atoms with Gasteiger partial charge in [-0.3, -0.25) is 13.9 Å². The van der Waals surface area contributed by atoms with Crippen LogP contribution in [0.1, 0.15) is 54.9 Å². The number of amides is 2. The summed E-state index contributed by atoms with van der Waals surface area (Å²) < 4.78 is 29.0. The van der Waals surface area contributed by atoms with E-state index in [-0.39, 0.29) is 23.4 Å². The molecule has 7 nitrogen and oxygen atoms in total. The minimum absolute atomic E-state index is 0.101. The SMILES string of the molecule is Cc1ccc(CN(C(=O)CN(c2cccc(C)c2)S(=O)(=O)c2ccc(C)cc2)C(C)C(=O)NC2CCCC2)cc1. The van der Waals surface area contributed by atoms with Gasteiger partial charge in [-0.25, -0.2) is 8.42 Å². The van der Waals surface area contributed by atoms with Gasteiger partial charge in [0.05, 0.1) is 10.6 Å². The number of carbonyl (C=O) groups excluding carboxylic acids is 2. The summed E-state index contributed by atoms with van der Waals surface area (Å²) in [7, 11) is -4.07. The number of nitrogens with zero attached hydrogens (tertiary/aromatic N) is 2. The van der Waals surface area contributed by atoms with E-state index in [9.17, 15) is 18.0 Å². The Morgan fingerprint density at radius 3 is 2.08 bits per heavy atom. The van der Waals surface area contributed by atoms with E-state index >= 15 is 0 Å². The Hall–Kier alpha value is -3.65. The highest BCUT2D eigenvalue weighted by molar-refractivity contribution is 7.92. The molecule has 212 valence electrons. The Morgan fingerprint density at radius 2 is 1.48 bits per heavy atom. The first-order chi connectivity index (χ1) is 19.0. The van der Waals surface area contributed by atoms with Crippen LogP contribution < -0.4 is 9.62 Å². The van der Waals surface area contributed by atoms with E-state index in [0.29, 0.717) is 5.69 Å². The number of anilines is 1. The molecule has 1 aliphatic carbocycles. The maximum Gasteiger partial charge on any atom is 0.264 e. The van der Waals surface area contributed by atoms with Crippen LogP contribution in [0.15, 0.2) is 77.7 Å². The van der Waals surface area contributed by atoms with Crippen molar-refractivity contribution < 1.29 is 18.0 Å². The number of carbonyl (C=O) groups is 2. The molecule has 0 saturated heterocycles. The van der Waals surface area contributed by atoms with Gasteiger partial charge in [-0.2, -0.15) is 0 Å². The molecule has 8 heteroatoms. The van der Waals surface area contributed by atoms with Crippen molar-refractivity contribution in [1.29, 1.82) is 0 Å². The van der Waals surface area contributed by atoms with Crippen molar-refractivity contribution in [2.45, 2.75) is 76.9 Å². The van der Waals surface area contributed by atoms with Crippen molar-refractivity contribution in [3.05, 3.63) is 95.1 Å². The van der Waals surface area contributed by atoms with Crippen molar-refractivity contribution in [1.82, 2.24) is 10.2 Å². The van der Waals surface area contributed by atoms with Gasteiger partial charge in [-0.1, -0.05) is 72.5 Å². The summed E-state index contributed by atoms with van der Waals surface area (Å²) in [5.41, 5.74) is 4.15. The molecule has 1 atom stereocenters. The molecule has 2 amide bonds. The minimum Gasteiger partial charge on any atom is -0.352 e. The molecule has 1 unspecified atom stereocenters. The smallest absolute Gasteiger partial charge is 0.264 e. The first kappa shape index (κ1) is 29.3. The van der Waals surface area contributed by atoms with Crippen molar-refractivity contribution in [3.8, 4) is 0 Å². The molecule has 40 heavy (non-hydrogen) atoms. The number of aryl methyl sites for hydroxylation is 3. The highest BCUT2D eigenvalue weighted by Gasteiger charge is 2.33. The van der Waals surface area contributed by atoms with Gasteiger partial charge in [0.25, 0.3) is 10.0 Å². The average Bonchev–Trinajstić information content (AvgIpc) is 3.44. The lowest BCUT2D eigenvalue weighted by molar-refractivity contribution is -0.139. The number of hydrogen-bond acceptors (Lipinski definition) is 4. The molecule has 0 aromatic heterocycles. The first-order valence-electron chi connectivity index (χ1n) is 13.9. The molecule has 3 aromatic rings. The molecule has 1 fully saturated rings. The van der Waals surface area contributed by atoms with Gasteiger partial charge in [-0.05, 0) is 75.9 Å². The van der Waals surface area contributed by atoms with E-state index < -0.39 is 28.5 Å². The summed E-state index contributed by atoms with van der Waals surface area (Å²) in [4.78, 5) is 28.9. The fourth-order valence-electron chi connectivity index (χ4n) is 5.01. The monoisotopic (exact) mass is 561 g/mol. The lowest BCUT2D eigenvalue weighted by atomic mass is 10.1. The normalized spacial score (nSPS) is 14.5. The lowest BCUT2D eigenvalue weighted by Crippen LogP contribution is -2.52. The summed E-state index contributed by atoms with van der Waals surface area (Å²) in [5, 5.41) is 3.10. The fraction of sp³-hybridized carbons (Fsp3) is 0.375. The molecule has 0 spiro atoms. The largest absolute Gasteiger partial charge is 0.352 e. The molecular formula is C32H39N3O4S. The van der Waals surface area contributed by atoms with E-state index in [4.69, 9.17) is 0 Å². The molecule has 4 rings (SSSR count). The van der Waals surface area contributed by atoms with Crippen molar-refractivity contribution >= 4 is 27.5 Å². The predicted molar refractivity (Wildman–Crippen MR) is 158 cm³/mol. The topological polar surface area (TPSA) is 86.8 Å². The van der Waals surface area contributed by atoms with Crippen molar-refractivity contribution in [3.63, 3.8) is 0 Å². The van der Waals surface area contributed by atoms with E-state index in [0.717, 1.165) is 52.2 Å². The number of benzene rings is 3. The number of nitrogens with one attached hydrogen (secondary N) is 1. The maximum atomic E-state index is 14.0. The molecule has 1 saturated carbocycles. The van der Waals surface area contributed by atoms with Crippen LogP contribution in [0.4, 0.5) is 5.69 Å². The quantitative estimate of drug-likeness (QED) is 0.365. The van der Waals surface area contributed by atoms with Crippen LogP contribution in [0.5, 0.6) is 0 Å². The summed E-state index contributed by atoms with van der Waals surface area (Å²) in [6.07, 6.45) is 4.02. The van der Waals surface area contributed by atoms with E-state index in [1.165, 1.54) is 4.90 Å². The van der Waals surface area contributed by atoms with E-state index in [1.807, 2.05) is 51.1 Å². The maximum absolute atomic E-state index is 14.0. The standard InChI is InChI=1S/C32H39N3O4S/c1-23-12-16-27(17-13-23)21-34(26(4)32(37)33-28-9-5-6-10-28)31(36)22-35(29-11-7-8-25(3)20-29)40(38,39)30-18-14-24(2)15-19-30/h7-8,11-20,26,28H,5-6,9-10,21-22H2,1-4H3,(H,33,37). The van der Waals surface area contributed by atoms with Crippen molar-refractivity contribution in [2.75, 3.05) is 10.8 Å². The molecule has 1 aliphatic rings. The average molecular weight is 562 g/mol. The van der Waals surface area contributed by atoms with Crippen LogP contribution in [0.2, 0.25) is 0 Å². The van der Waals surface area contributed by atoms with Gasteiger partial charge in [0.2, 0.25) is 11.8 Å². The zero-order valence-corrected chi connectivity index (χ0v) is 24.6. The highest BCUT2D eigenvalue weighted by Crippen LogP contribution is 2.26. The fourth-order valence-corrected chi connectivity index (χ4v) is 6.42. The second-order valence-electron chi connectivity index (χ2n) is 10.8. The van der Waals surface area contributed by atoms with Gasteiger partial charge < -0.3 is 10.2 Å². The number of hydrogen-bond donors (Lipinski definition) is 1. The Balaban J connectivity index is 1.68. The van der Waals surface area contributed by atoms with E-state index in [1.54, 1.807) is 49.4 Å². The summed E-state index contributed by atoms with van der Waals surface area (Å²) in [6.45, 7) is 7.21. The molecule has 0 aliphatic heterocycles.